The highest BCUT2D eigenvalue weighted by atomic mass is 32.2. The first-order valence-corrected chi connectivity index (χ1v) is 5.60. The van der Waals surface area contributed by atoms with Gasteiger partial charge in [0, 0.05) is 11.1 Å². The molecule has 2 nitrogen and oxygen atoms in total. The predicted molar refractivity (Wildman–Crippen MR) is 62.1 cm³/mol. The quantitative estimate of drug-likeness (QED) is 0.770. The Balaban J connectivity index is 2.25. The predicted octanol–water partition coefficient (Wildman–Crippen LogP) is 3.24. The summed E-state index contributed by atoms with van der Waals surface area (Å²) in [6, 6.07) is 10.3. The molecule has 0 amide bonds. The number of hydrogen-bond donors (Lipinski definition) is 0. The van der Waals surface area contributed by atoms with Gasteiger partial charge in [-0.25, -0.2) is 9.97 Å². The van der Waals surface area contributed by atoms with Crippen molar-refractivity contribution in [3.8, 4) is 0 Å². The lowest BCUT2D eigenvalue weighted by Crippen LogP contribution is -1.92. The van der Waals surface area contributed by atoms with Crippen molar-refractivity contribution in [1.82, 2.24) is 9.97 Å². The summed E-state index contributed by atoms with van der Waals surface area (Å²) in [5, 5.41) is 0. The molecule has 3 heteroatoms. The number of aryl methyl sites for hydroxylation is 2. The fourth-order valence-electron chi connectivity index (χ4n) is 1.29. The molecule has 0 saturated heterocycles. The van der Waals surface area contributed by atoms with Gasteiger partial charge in [-0.2, -0.15) is 0 Å². The second-order valence-corrected chi connectivity index (χ2v) is 4.40. The molecule has 0 atom stereocenters. The zero-order valence-corrected chi connectivity index (χ0v) is 9.58. The molecule has 0 aliphatic heterocycles. The second kappa shape index (κ2) is 4.45. The van der Waals surface area contributed by atoms with Crippen LogP contribution >= 0.6 is 11.8 Å². The second-order valence-electron chi connectivity index (χ2n) is 3.28. The van der Waals surface area contributed by atoms with Crippen molar-refractivity contribution >= 4 is 11.8 Å². The van der Waals surface area contributed by atoms with E-state index in [-0.39, 0.29) is 0 Å². The number of nitrogens with zero attached hydrogens (tertiary/aromatic N) is 2. The standard InChI is InChI=1S/C12H12N2S/c1-9-12(8-13-10(2)14-9)15-11-6-4-3-5-7-11/h3-8H,1-2H3. The number of rotatable bonds is 2. The Hall–Kier alpha value is -1.35. The van der Waals surface area contributed by atoms with Gasteiger partial charge in [0.05, 0.1) is 10.6 Å². The van der Waals surface area contributed by atoms with Crippen LogP contribution in [0.1, 0.15) is 11.5 Å². The Morgan fingerprint density at radius 3 is 2.47 bits per heavy atom. The molecule has 0 unspecified atom stereocenters. The zero-order chi connectivity index (χ0) is 10.7. The first kappa shape index (κ1) is 10.2. The van der Waals surface area contributed by atoms with Gasteiger partial charge in [-0.3, -0.25) is 0 Å². The van der Waals surface area contributed by atoms with Crippen LogP contribution in [0.3, 0.4) is 0 Å². The fraction of sp³-hybridized carbons (Fsp3) is 0.167. The van der Waals surface area contributed by atoms with E-state index in [1.54, 1.807) is 11.8 Å². The van der Waals surface area contributed by atoms with E-state index < -0.39 is 0 Å². The summed E-state index contributed by atoms with van der Waals surface area (Å²) in [5.41, 5.74) is 1.04. The lowest BCUT2D eigenvalue weighted by Gasteiger charge is -2.04. The summed E-state index contributed by atoms with van der Waals surface area (Å²) in [7, 11) is 0. The number of benzene rings is 1. The summed E-state index contributed by atoms with van der Waals surface area (Å²) in [4.78, 5) is 10.9. The van der Waals surface area contributed by atoms with Gasteiger partial charge < -0.3 is 0 Å². The van der Waals surface area contributed by atoms with E-state index in [1.807, 2.05) is 38.2 Å². The molecule has 2 aromatic rings. The van der Waals surface area contributed by atoms with Crippen molar-refractivity contribution < 1.29 is 0 Å². The maximum absolute atomic E-state index is 4.34. The Kier molecular flexibility index (Phi) is 3.02. The van der Waals surface area contributed by atoms with E-state index in [4.69, 9.17) is 0 Å². The maximum atomic E-state index is 4.34. The normalized spacial score (nSPS) is 10.3. The van der Waals surface area contributed by atoms with Crippen LogP contribution in [-0.4, -0.2) is 9.97 Å². The van der Waals surface area contributed by atoms with Crippen LogP contribution in [0.25, 0.3) is 0 Å². The molecule has 0 spiro atoms. The van der Waals surface area contributed by atoms with Gasteiger partial charge in [0.1, 0.15) is 5.82 Å². The van der Waals surface area contributed by atoms with Gasteiger partial charge >= 0.3 is 0 Å². The van der Waals surface area contributed by atoms with E-state index in [1.165, 1.54) is 4.90 Å². The third kappa shape index (κ3) is 2.57. The Morgan fingerprint density at radius 2 is 1.80 bits per heavy atom. The average Bonchev–Trinajstić information content (AvgIpc) is 2.24. The lowest BCUT2D eigenvalue weighted by atomic mass is 10.4. The summed E-state index contributed by atoms with van der Waals surface area (Å²) < 4.78 is 0. The number of aromatic nitrogens is 2. The Morgan fingerprint density at radius 1 is 1.07 bits per heavy atom. The van der Waals surface area contributed by atoms with Crippen LogP contribution in [0.5, 0.6) is 0 Å². The highest BCUT2D eigenvalue weighted by Gasteiger charge is 2.02. The summed E-state index contributed by atoms with van der Waals surface area (Å²) in [6.45, 7) is 3.92. The van der Waals surface area contributed by atoms with E-state index in [2.05, 4.69) is 22.1 Å². The highest BCUT2D eigenvalue weighted by Crippen LogP contribution is 2.28. The van der Waals surface area contributed by atoms with E-state index in [0.29, 0.717) is 0 Å². The van der Waals surface area contributed by atoms with Crippen LogP contribution in [0, 0.1) is 13.8 Å². The van der Waals surface area contributed by atoms with E-state index >= 15 is 0 Å². The van der Waals surface area contributed by atoms with E-state index in [9.17, 15) is 0 Å². The molecule has 0 bridgehead atoms. The molecule has 0 radical (unpaired) electrons. The van der Waals surface area contributed by atoms with Crippen LogP contribution in [0.2, 0.25) is 0 Å². The van der Waals surface area contributed by atoms with Gasteiger partial charge in [0.15, 0.2) is 0 Å². The zero-order valence-electron chi connectivity index (χ0n) is 8.77. The first-order valence-electron chi connectivity index (χ1n) is 4.79. The molecule has 0 N–H and O–H groups in total. The monoisotopic (exact) mass is 216 g/mol. The molecule has 1 aromatic carbocycles. The van der Waals surface area contributed by atoms with Gasteiger partial charge in [-0.05, 0) is 26.0 Å². The van der Waals surface area contributed by atoms with Crippen molar-refractivity contribution in [2.45, 2.75) is 23.6 Å². The molecule has 0 fully saturated rings. The maximum Gasteiger partial charge on any atom is 0.125 e. The van der Waals surface area contributed by atoms with Crippen molar-refractivity contribution in [3.05, 3.63) is 48.0 Å². The minimum Gasteiger partial charge on any atom is -0.240 e. The van der Waals surface area contributed by atoms with E-state index in [0.717, 1.165) is 16.4 Å². The fourth-order valence-corrected chi connectivity index (χ4v) is 2.13. The topological polar surface area (TPSA) is 25.8 Å². The molecule has 76 valence electrons. The first-order chi connectivity index (χ1) is 7.25. The highest BCUT2D eigenvalue weighted by molar-refractivity contribution is 7.99. The molecule has 15 heavy (non-hydrogen) atoms. The molecular formula is C12H12N2S. The summed E-state index contributed by atoms with van der Waals surface area (Å²) >= 11 is 1.70. The molecule has 2 rings (SSSR count). The van der Waals surface area contributed by atoms with Gasteiger partial charge in [0.2, 0.25) is 0 Å². The van der Waals surface area contributed by atoms with Crippen LogP contribution in [0.4, 0.5) is 0 Å². The third-order valence-electron chi connectivity index (χ3n) is 2.03. The largest absolute Gasteiger partial charge is 0.240 e. The van der Waals surface area contributed by atoms with Crippen LogP contribution in [0.15, 0.2) is 46.3 Å². The minimum absolute atomic E-state index is 0.824. The Bertz CT molecular complexity index is 454. The summed E-state index contributed by atoms with van der Waals surface area (Å²) in [5.74, 6) is 0.824. The van der Waals surface area contributed by atoms with Gasteiger partial charge in [-0.15, -0.1) is 0 Å². The number of hydrogen-bond acceptors (Lipinski definition) is 3. The van der Waals surface area contributed by atoms with Crippen LogP contribution < -0.4 is 0 Å². The van der Waals surface area contributed by atoms with Crippen molar-refractivity contribution in [2.24, 2.45) is 0 Å². The third-order valence-corrected chi connectivity index (χ3v) is 3.15. The molecule has 0 aliphatic carbocycles. The van der Waals surface area contributed by atoms with Crippen molar-refractivity contribution in [1.29, 1.82) is 0 Å². The smallest absolute Gasteiger partial charge is 0.125 e. The van der Waals surface area contributed by atoms with Gasteiger partial charge in [0.25, 0.3) is 0 Å². The van der Waals surface area contributed by atoms with Crippen molar-refractivity contribution in [2.75, 3.05) is 0 Å². The van der Waals surface area contributed by atoms with Crippen LogP contribution in [-0.2, 0) is 0 Å². The molecule has 1 heterocycles. The Labute approximate surface area is 93.8 Å². The molecule has 0 saturated carbocycles. The molecule has 1 aromatic heterocycles. The molecular weight excluding hydrogens is 204 g/mol. The average molecular weight is 216 g/mol. The lowest BCUT2D eigenvalue weighted by molar-refractivity contribution is 0.958. The summed E-state index contributed by atoms with van der Waals surface area (Å²) in [6.07, 6.45) is 1.88. The van der Waals surface area contributed by atoms with Crippen molar-refractivity contribution in [3.63, 3.8) is 0 Å². The molecule has 0 aliphatic rings. The minimum atomic E-state index is 0.824. The SMILES string of the molecule is Cc1ncc(Sc2ccccc2)c(C)n1. The van der Waals surface area contributed by atoms with Gasteiger partial charge in [-0.1, -0.05) is 30.0 Å².